The molecule has 1 fully saturated rings. The van der Waals surface area contributed by atoms with Crippen LogP contribution in [-0.4, -0.2) is 34.8 Å². The molecule has 0 saturated carbocycles. The standard InChI is InChI=1S/C19H20BrFO4/c20-19(21)17(24-12-15-9-5-2-6-10-15)16(25-18(19)22)13-23-11-14-7-3-1-4-8-14/h1-10,16-18,22H,11-13H2/t16-,17+,18-,19-/m1/s1. The first kappa shape index (κ1) is 18.5. The summed E-state index contributed by atoms with van der Waals surface area (Å²) in [5.41, 5.74) is 1.92. The molecule has 0 amide bonds. The van der Waals surface area contributed by atoms with Gasteiger partial charge in [0.1, 0.15) is 12.2 Å². The number of ether oxygens (including phenoxy) is 3. The van der Waals surface area contributed by atoms with E-state index in [0.29, 0.717) is 6.61 Å². The Morgan fingerprint density at radius 3 is 2.16 bits per heavy atom. The maximum Gasteiger partial charge on any atom is 0.243 e. The van der Waals surface area contributed by atoms with Crippen molar-refractivity contribution in [3.8, 4) is 0 Å². The van der Waals surface area contributed by atoms with Crippen LogP contribution in [0.2, 0.25) is 0 Å². The largest absolute Gasteiger partial charge is 0.374 e. The lowest BCUT2D eigenvalue weighted by Crippen LogP contribution is -2.41. The molecule has 1 aliphatic rings. The number of alkyl halides is 2. The van der Waals surface area contributed by atoms with E-state index in [4.69, 9.17) is 14.2 Å². The Morgan fingerprint density at radius 1 is 1.00 bits per heavy atom. The monoisotopic (exact) mass is 410 g/mol. The molecule has 0 aliphatic carbocycles. The summed E-state index contributed by atoms with van der Waals surface area (Å²) < 4.78 is 29.2. The number of aliphatic hydroxyl groups excluding tert-OH is 1. The molecule has 0 unspecified atom stereocenters. The van der Waals surface area contributed by atoms with Crippen molar-refractivity contribution >= 4 is 15.9 Å². The van der Waals surface area contributed by atoms with Crippen molar-refractivity contribution < 1.29 is 23.7 Å². The number of hydrogen-bond acceptors (Lipinski definition) is 4. The van der Waals surface area contributed by atoms with Crippen molar-refractivity contribution in [2.24, 2.45) is 0 Å². The first-order valence-corrected chi connectivity index (χ1v) is 8.85. The first-order valence-electron chi connectivity index (χ1n) is 8.06. The second-order valence-electron chi connectivity index (χ2n) is 5.92. The van der Waals surface area contributed by atoms with E-state index in [1.807, 2.05) is 60.7 Å². The van der Waals surface area contributed by atoms with Gasteiger partial charge in [-0.2, -0.15) is 0 Å². The van der Waals surface area contributed by atoms with Gasteiger partial charge in [-0.15, -0.1) is 0 Å². The Labute approximate surface area is 154 Å². The van der Waals surface area contributed by atoms with E-state index in [-0.39, 0.29) is 13.2 Å². The molecule has 1 heterocycles. The summed E-state index contributed by atoms with van der Waals surface area (Å²) in [5.74, 6) is 0. The summed E-state index contributed by atoms with van der Waals surface area (Å²) >= 11 is 2.90. The zero-order valence-electron chi connectivity index (χ0n) is 13.6. The maximum atomic E-state index is 14.7. The molecule has 4 atom stereocenters. The molecule has 0 spiro atoms. The molecular weight excluding hydrogens is 391 g/mol. The lowest BCUT2D eigenvalue weighted by molar-refractivity contribution is -0.132. The summed E-state index contributed by atoms with van der Waals surface area (Å²) in [7, 11) is 0. The second kappa shape index (κ2) is 8.38. The van der Waals surface area contributed by atoms with Crippen LogP contribution in [0.5, 0.6) is 0 Å². The highest BCUT2D eigenvalue weighted by Gasteiger charge is 2.57. The third-order valence-corrected chi connectivity index (χ3v) is 4.86. The molecular formula is C19H20BrFO4. The Hall–Kier alpha value is -1.31. The van der Waals surface area contributed by atoms with Crippen molar-refractivity contribution in [2.75, 3.05) is 6.61 Å². The minimum absolute atomic E-state index is 0.114. The Morgan fingerprint density at radius 2 is 1.56 bits per heavy atom. The second-order valence-corrected chi connectivity index (χ2v) is 7.13. The number of rotatable bonds is 7. The topological polar surface area (TPSA) is 47.9 Å². The van der Waals surface area contributed by atoms with Crippen molar-refractivity contribution in [1.82, 2.24) is 0 Å². The van der Waals surface area contributed by atoms with Gasteiger partial charge in [-0.1, -0.05) is 60.7 Å². The van der Waals surface area contributed by atoms with Gasteiger partial charge in [-0.3, -0.25) is 0 Å². The van der Waals surface area contributed by atoms with Gasteiger partial charge in [0.25, 0.3) is 0 Å². The molecule has 0 bridgehead atoms. The molecule has 2 aromatic rings. The van der Waals surface area contributed by atoms with E-state index in [1.165, 1.54) is 0 Å². The van der Waals surface area contributed by atoms with Gasteiger partial charge in [0.2, 0.25) is 10.9 Å². The van der Waals surface area contributed by atoms with E-state index in [9.17, 15) is 9.50 Å². The molecule has 0 aromatic heterocycles. The minimum atomic E-state index is -2.18. The number of halogens is 2. The third-order valence-electron chi connectivity index (χ3n) is 4.02. The normalized spacial score (nSPS) is 29.0. The summed E-state index contributed by atoms with van der Waals surface area (Å²) in [6.45, 7) is 0.709. The van der Waals surface area contributed by atoms with Crippen molar-refractivity contribution in [3.63, 3.8) is 0 Å². The SMILES string of the molecule is O[C@@H]1O[C@H](COCc2ccccc2)[C@H](OCc2ccccc2)[C@]1(F)Br. The van der Waals surface area contributed by atoms with Crippen LogP contribution in [-0.2, 0) is 27.4 Å². The van der Waals surface area contributed by atoms with Crippen LogP contribution >= 0.6 is 15.9 Å². The van der Waals surface area contributed by atoms with Gasteiger partial charge in [0.15, 0.2) is 0 Å². The quantitative estimate of drug-likeness (QED) is 0.708. The summed E-state index contributed by atoms with van der Waals surface area (Å²) in [6.07, 6.45) is -3.32. The molecule has 6 heteroatoms. The lowest BCUT2D eigenvalue weighted by Gasteiger charge is -2.24. The van der Waals surface area contributed by atoms with Gasteiger partial charge in [-0.25, -0.2) is 4.39 Å². The smallest absolute Gasteiger partial charge is 0.243 e. The van der Waals surface area contributed by atoms with Crippen molar-refractivity contribution in [3.05, 3.63) is 71.8 Å². The first-order chi connectivity index (χ1) is 12.1. The Balaban J connectivity index is 1.58. The average Bonchev–Trinajstić information content (AvgIpc) is 2.84. The fourth-order valence-corrected chi connectivity index (χ4v) is 3.22. The van der Waals surface area contributed by atoms with E-state index >= 15 is 0 Å². The number of benzene rings is 2. The van der Waals surface area contributed by atoms with Gasteiger partial charge in [-0.05, 0) is 27.1 Å². The van der Waals surface area contributed by atoms with Gasteiger partial charge < -0.3 is 19.3 Å². The van der Waals surface area contributed by atoms with Crippen LogP contribution in [0.1, 0.15) is 11.1 Å². The molecule has 2 aromatic carbocycles. The molecule has 25 heavy (non-hydrogen) atoms. The average molecular weight is 411 g/mol. The highest BCUT2D eigenvalue weighted by atomic mass is 79.9. The minimum Gasteiger partial charge on any atom is -0.374 e. The highest BCUT2D eigenvalue weighted by molar-refractivity contribution is 9.10. The predicted octanol–water partition coefficient (Wildman–Crippen LogP) is 3.57. The summed E-state index contributed by atoms with van der Waals surface area (Å²) in [6, 6.07) is 19.1. The molecule has 0 radical (unpaired) electrons. The lowest BCUT2D eigenvalue weighted by atomic mass is 10.1. The third kappa shape index (κ3) is 4.65. The van der Waals surface area contributed by atoms with Crippen LogP contribution in [0.3, 0.4) is 0 Å². The van der Waals surface area contributed by atoms with Gasteiger partial charge >= 0.3 is 0 Å². The summed E-state index contributed by atoms with van der Waals surface area (Å²) in [4.78, 5) is 0. The predicted molar refractivity (Wildman–Crippen MR) is 94.8 cm³/mol. The molecule has 134 valence electrons. The van der Waals surface area contributed by atoms with Crippen molar-refractivity contribution in [2.45, 2.75) is 36.3 Å². The number of aliphatic hydroxyl groups is 1. The molecule has 1 saturated heterocycles. The molecule has 1 N–H and O–H groups in total. The molecule has 4 nitrogen and oxygen atoms in total. The van der Waals surface area contributed by atoms with E-state index in [2.05, 4.69) is 15.9 Å². The zero-order chi connectivity index (χ0) is 17.7. The molecule has 1 aliphatic heterocycles. The fraction of sp³-hybridized carbons (Fsp3) is 0.368. The van der Waals surface area contributed by atoms with Gasteiger partial charge in [0, 0.05) is 0 Å². The van der Waals surface area contributed by atoms with Crippen LogP contribution in [0.4, 0.5) is 4.39 Å². The fourth-order valence-electron chi connectivity index (χ4n) is 2.69. The molecule has 3 rings (SSSR count). The van der Waals surface area contributed by atoms with Gasteiger partial charge in [0.05, 0.1) is 19.8 Å². The van der Waals surface area contributed by atoms with Crippen LogP contribution in [0.25, 0.3) is 0 Å². The Bertz CT molecular complexity index is 653. The van der Waals surface area contributed by atoms with Crippen LogP contribution in [0.15, 0.2) is 60.7 Å². The van der Waals surface area contributed by atoms with E-state index < -0.39 is 23.1 Å². The Kier molecular flexibility index (Phi) is 6.19. The van der Waals surface area contributed by atoms with E-state index in [0.717, 1.165) is 11.1 Å². The number of hydrogen-bond donors (Lipinski definition) is 1. The van der Waals surface area contributed by atoms with E-state index in [1.54, 1.807) is 0 Å². The summed E-state index contributed by atoms with van der Waals surface area (Å²) in [5, 5.41) is 9.83. The zero-order valence-corrected chi connectivity index (χ0v) is 15.1. The highest BCUT2D eigenvalue weighted by Crippen LogP contribution is 2.41. The van der Waals surface area contributed by atoms with Crippen LogP contribution < -0.4 is 0 Å². The maximum absolute atomic E-state index is 14.7. The van der Waals surface area contributed by atoms with Crippen molar-refractivity contribution in [1.29, 1.82) is 0 Å². The van der Waals surface area contributed by atoms with Crippen LogP contribution in [0, 0.1) is 0 Å².